The summed E-state index contributed by atoms with van der Waals surface area (Å²) in [5.41, 5.74) is 0.00254. The molecule has 0 aliphatic heterocycles. The molecule has 80 valence electrons. The molecule has 0 heterocycles. The van der Waals surface area contributed by atoms with Crippen molar-refractivity contribution >= 4 is 45.7 Å². The van der Waals surface area contributed by atoms with E-state index in [1.54, 1.807) is 6.07 Å². The Morgan fingerprint density at radius 2 is 2.07 bits per heavy atom. The highest BCUT2D eigenvalue weighted by atomic mass is 127. The van der Waals surface area contributed by atoms with Gasteiger partial charge in [-0.3, -0.25) is 0 Å². The zero-order valence-electron chi connectivity index (χ0n) is 7.01. The Labute approximate surface area is 102 Å². The highest BCUT2D eigenvalue weighted by molar-refractivity contribution is 14.1. The zero-order valence-corrected chi connectivity index (χ0v) is 9.98. The average Bonchev–Trinajstić information content (AvgIpc) is 2.07. The normalized spacial score (nSPS) is 10.7. The number of benzene rings is 1. The molecule has 0 aliphatic rings. The number of hydrogen-bond acceptors (Lipinski definition) is 3. The second-order valence-corrected chi connectivity index (χ2v) is 3.79. The van der Waals surface area contributed by atoms with Crippen molar-refractivity contribution in [1.29, 1.82) is 0 Å². The summed E-state index contributed by atoms with van der Waals surface area (Å²) in [6, 6.07) is 4.19. The molecule has 2 nitrogen and oxygen atoms in total. The van der Waals surface area contributed by atoms with E-state index in [1.165, 1.54) is 12.1 Å². The molecule has 0 saturated heterocycles. The summed E-state index contributed by atoms with van der Waals surface area (Å²) in [5, 5.41) is 1.99. The van der Waals surface area contributed by atoms with Gasteiger partial charge in [-0.1, -0.05) is 0 Å². The highest BCUT2D eigenvalue weighted by Crippen LogP contribution is 2.33. The van der Waals surface area contributed by atoms with Crippen LogP contribution in [0.4, 0.5) is 18.9 Å². The number of ether oxygens (including phenoxy) is 1. The van der Waals surface area contributed by atoms with Crippen LogP contribution < -0.4 is 4.74 Å². The molecule has 0 N–H and O–H groups in total. The minimum atomic E-state index is -4.74. The molecular formula is C8H3F3INOS. The Morgan fingerprint density at radius 3 is 2.60 bits per heavy atom. The van der Waals surface area contributed by atoms with E-state index < -0.39 is 6.36 Å². The van der Waals surface area contributed by atoms with Crippen molar-refractivity contribution in [1.82, 2.24) is 0 Å². The van der Waals surface area contributed by atoms with Gasteiger partial charge in [0.25, 0.3) is 0 Å². The summed E-state index contributed by atoms with van der Waals surface area (Å²) in [5.74, 6) is -0.383. The van der Waals surface area contributed by atoms with Crippen LogP contribution in [0.2, 0.25) is 0 Å². The number of isothiocyanates is 1. The number of hydrogen-bond donors (Lipinski definition) is 0. The lowest BCUT2D eigenvalue weighted by Gasteiger charge is -2.10. The topological polar surface area (TPSA) is 21.6 Å². The maximum atomic E-state index is 12.0. The van der Waals surface area contributed by atoms with Crippen molar-refractivity contribution in [2.75, 3.05) is 0 Å². The quantitative estimate of drug-likeness (QED) is 0.460. The van der Waals surface area contributed by atoms with E-state index in [9.17, 15) is 13.2 Å². The molecule has 0 bridgehead atoms. The molecule has 0 spiro atoms. The minimum absolute atomic E-state index is 0.00254. The summed E-state index contributed by atoms with van der Waals surface area (Å²) < 4.78 is 40.3. The van der Waals surface area contributed by atoms with Crippen LogP contribution in [0.5, 0.6) is 5.75 Å². The van der Waals surface area contributed by atoms with E-state index in [1.807, 2.05) is 27.8 Å². The SMILES string of the molecule is FC(F)(F)Oc1cc(I)ccc1N=C=S. The zero-order chi connectivity index (χ0) is 11.5. The number of halogens is 4. The van der Waals surface area contributed by atoms with Crippen LogP contribution >= 0.6 is 34.8 Å². The molecular weight excluding hydrogens is 342 g/mol. The number of nitrogens with zero attached hydrogens (tertiary/aromatic N) is 1. The van der Waals surface area contributed by atoms with Crippen molar-refractivity contribution in [3.8, 4) is 5.75 Å². The van der Waals surface area contributed by atoms with Gasteiger partial charge in [-0.15, -0.1) is 13.2 Å². The van der Waals surface area contributed by atoms with Gasteiger partial charge in [-0.2, -0.15) is 4.99 Å². The molecule has 1 aromatic carbocycles. The third kappa shape index (κ3) is 4.15. The van der Waals surface area contributed by atoms with Gasteiger partial charge in [0.15, 0.2) is 5.75 Å². The molecule has 1 aromatic rings. The van der Waals surface area contributed by atoms with E-state index in [2.05, 4.69) is 21.9 Å². The van der Waals surface area contributed by atoms with E-state index >= 15 is 0 Å². The first kappa shape index (κ1) is 12.4. The molecule has 0 amide bonds. The average molecular weight is 345 g/mol. The van der Waals surface area contributed by atoms with E-state index in [-0.39, 0.29) is 11.4 Å². The van der Waals surface area contributed by atoms with Crippen LogP contribution in [0.25, 0.3) is 0 Å². The Bertz CT molecular complexity index is 415. The predicted octanol–water partition coefficient (Wildman–Crippen LogP) is 3.92. The summed E-state index contributed by atoms with van der Waals surface area (Å²) in [7, 11) is 0. The van der Waals surface area contributed by atoms with Crippen molar-refractivity contribution in [3.05, 3.63) is 21.8 Å². The maximum absolute atomic E-state index is 12.0. The second kappa shape index (κ2) is 4.91. The molecule has 0 atom stereocenters. The number of aliphatic imine (C=N–C) groups is 1. The minimum Gasteiger partial charge on any atom is -0.403 e. The highest BCUT2D eigenvalue weighted by Gasteiger charge is 2.32. The van der Waals surface area contributed by atoms with Crippen molar-refractivity contribution < 1.29 is 17.9 Å². The summed E-state index contributed by atoms with van der Waals surface area (Å²) >= 11 is 6.18. The van der Waals surface area contributed by atoms with Gasteiger partial charge in [-0.25, -0.2) is 0 Å². The number of thiocarbonyl (C=S) groups is 1. The van der Waals surface area contributed by atoms with Crippen molar-refractivity contribution in [2.45, 2.75) is 6.36 Å². The van der Waals surface area contributed by atoms with Crippen molar-refractivity contribution in [2.24, 2.45) is 4.99 Å². The van der Waals surface area contributed by atoms with Crippen molar-refractivity contribution in [3.63, 3.8) is 0 Å². The largest absolute Gasteiger partial charge is 0.573 e. The van der Waals surface area contributed by atoms with E-state index in [4.69, 9.17) is 0 Å². The molecule has 0 unspecified atom stereocenters. The number of rotatable bonds is 2. The standard InChI is InChI=1S/C8H3F3INOS/c9-8(10,11)14-7-3-5(12)1-2-6(7)13-4-15/h1-3H. The van der Waals surface area contributed by atoms with Gasteiger partial charge >= 0.3 is 6.36 Å². The van der Waals surface area contributed by atoms with Gasteiger partial charge in [0, 0.05) is 3.57 Å². The molecule has 0 saturated carbocycles. The Hall–Kier alpha value is -0.660. The first-order valence-corrected chi connectivity index (χ1v) is 5.04. The summed E-state index contributed by atoms with van der Waals surface area (Å²) in [6.07, 6.45) is -4.74. The van der Waals surface area contributed by atoms with Crippen LogP contribution in [-0.2, 0) is 0 Å². The fourth-order valence-corrected chi connectivity index (χ4v) is 1.40. The van der Waals surface area contributed by atoms with Gasteiger partial charge < -0.3 is 4.74 Å². The van der Waals surface area contributed by atoms with Gasteiger partial charge in [-0.05, 0) is 53.0 Å². The molecule has 0 fully saturated rings. The summed E-state index contributed by atoms with van der Waals surface area (Å²) in [4.78, 5) is 3.47. The Kier molecular flexibility index (Phi) is 4.06. The monoisotopic (exact) mass is 345 g/mol. The predicted molar refractivity (Wildman–Crippen MR) is 60.5 cm³/mol. The van der Waals surface area contributed by atoms with Crippen LogP contribution in [0.1, 0.15) is 0 Å². The maximum Gasteiger partial charge on any atom is 0.573 e. The van der Waals surface area contributed by atoms with Gasteiger partial charge in [0.05, 0.1) is 5.16 Å². The van der Waals surface area contributed by atoms with Gasteiger partial charge in [0.2, 0.25) is 0 Å². The molecule has 0 radical (unpaired) electrons. The van der Waals surface area contributed by atoms with Crippen LogP contribution in [0.3, 0.4) is 0 Å². The lowest BCUT2D eigenvalue weighted by molar-refractivity contribution is -0.274. The number of alkyl halides is 3. The lowest BCUT2D eigenvalue weighted by Crippen LogP contribution is -2.17. The molecule has 7 heteroatoms. The fraction of sp³-hybridized carbons (Fsp3) is 0.125. The third-order valence-corrected chi connectivity index (χ3v) is 2.08. The second-order valence-electron chi connectivity index (χ2n) is 2.36. The summed E-state index contributed by atoms with van der Waals surface area (Å²) in [6.45, 7) is 0. The molecule has 0 aromatic heterocycles. The first-order chi connectivity index (χ1) is 6.92. The lowest BCUT2D eigenvalue weighted by atomic mass is 10.3. The van der Waals surface area contributed by atoms with Crippen LogP contribution in [0, 0.1) is 3.57 Å². The smallest absolute Gasteiger partial charge is 0.403 e. The Morgan fingerprint density at radius 1 is 1.40 bits per heavy atom. The fourth-order valence-electron chi connectivity index (χ4n) is 0.836. The van der Waals surface area contributed by atoms with E-state index in [0.29, 0.717) is 3.57 Å². The molecule has 0 aliphatic carbocycles. The Balaban J connectivity index is 3.13. The molecule has 1 rings (SSSR count). The van der Waals surface area contributed by atoms with Crippen LogP contribution in [0.15, 0.2) is 23.2 Å². The van der Waals surface area contributed by atoms with E-state index in [0.717, 1.165) is 0 Å². The third-order valence-electron chi connectivity index (χ3n) is 1.31. The molecule has 15 heavy (non-hydrogen) atoms. The first-order valence-electron chi connectivity index (χ1n) is 3.55. The van der Waals surface area contributed by atoms with Crippen LogP contribution in [-0.4, -0.2) is 11.5 Å². The van der Waals surface area contributed by atoms with Gasteiger partial charge in [0.1, 0.15) is 5.69 Å².